The van der Waals surface area contributed by atoms with Crippen molar-refractivity contribution in [2.24, 2.45) is 17.8 Å². The molecule has 1 aliphatic carbocycles. The second-order valence-corrected chi connectivity index (χ2v) is 8.08. The third-order valence-electron chi connectivity index (χ3n) is 6.19. The number of rotatable bonds is 2. The summed E-state index contributed by atoms with van der Waals surface area (Å²) >= 11 is 0. The molecule has 1 heterocycles. The van der Waals surface area contributed by atoms with Crippen LogP contribution in [0.15, 0.2) is 0 Å². The SMILES string of the molecule is [B]C1(C(C)C)CCCCC2C(CC(=O)N2C(C)C)CC1C. The quantitative estimate of drug-likeness (QED) is 0.698. The fourth-order valence-electron chi connectivity index (χ4n) is 4.73. The molecule has 1 amide bonds. The van der Waals surface area contributed by atoms with Gasteiger partial charge in [-0.15, -0.1) is 0 Å². The Hall–Kier alpha value is -0.465. The Morgan fingerprint density at radius 3 is 2.48 bits per heavy atom. The highest BCUT2D eigenvalue weighted by Crippen LogP contribution is 2.50. The van der Waals surface area contributed by atoms with E-state index in [1.165, 1.54) is 12.8 Å². The zero-order valence-electron chi connectivity index (χ0n) is 14.6. The molecule has 2 fully saturated rings. The van der Waals surface area contributed by atoms with Crippen LogP contribution in [0.25, 0.3) is 0 Å². The number of fused-ring (bicyclic) bond motifs is 1. The Balaban J connectivity index is 2.21. The lowest BCUT2D eigenvalue weighted by Crippen LogP contribution is -2.40. The van der Waals surface area contributed by atoms with E-state index in [0.29, 0.717) is 35.7 Å². The number of hydrogen-bond acceptors (Lipinski definition) is 1. The second-order valence-electron chi connectivity index (χ2n) is 8.08. The molecule has 1 aliphatic heterocycles. The largest absolute Gasteiger partial charge is 0.337 e. The summed E-state index contributed by atoms with van der Waals surface area (Å²) in [7, 11) is 6.80. The molecule has 4 unspecified atom stereocenters. The molecule has 0 aromatic rings. The fourth-order valence-corrected chi connectivity index (χ4v) is 4.73. The molecule has 0 spiro atoms. The zero-order chi connectivity index (χ0) is 15.8. The Bertz CT molecular complexity index is 381. The molecular weight excluding hydrogens is 257 g/mol. The van der Waals surface area contributed by atoms with Crippen molar-refractivity contribution >= 4 is 13.8 Å². The van der Waals surface area contributed by atoms with E-state index >= 15 is 0 Å². The van der Waals surface area contributed by atoms with Crippen LogP contribution in [0.1, 0.15) is 73.1 Å². The van der Waals surface area contributed by atoms with E-state index in [1.807, 2.05) is 0 Å². The minimum Gasteiger partial charge on any atom is -0.337 e. The van der Waals surface area contributed by atoms with Gasteiger partial charge in [-0.05, 0) is 44.4 Å². The maximum atomic E-state index is 12.4. The normalized spacial score (nSPS) is 38.3. The maximum absolute atomic E-state index is 12.4. The minimum atomic E-state index is -0.0663. The van der Waals surface area contributed by atoms with E-state index in [2.05, 4.69) is 39.5 Å². The summed E-state index contributed by atoms with van der Waals surface area (Å²) < 4.78 is 0. The zero-order valence-corrected chi connectivity index (χ0v) is 14.6. The van der Waals surface area contributed by atoms with Crippen molar-refractivity contribution in [3.05, 3.63) is 0 Å². The molecule has 1 saturated carbocycles. The highest BCUT2D eigenvalue weighted by Gasteiger charge is 2.44. The lowest BCUT2D eigenvalue weighted by atomic mass is 9.52. The minimum absolute atomic E-state index is 0.0663. The van der Waals surface area contributed by atoms with Gasteiger partial charge in [-0.25, -0.2) is 0 Å². The molecule has 0 bridgehead atoms. The molecule has 118 valence electrons. The highest BCUT2D eigenvalue weighted by atomic mass is 16.2. The summed E-state index contributed by atoms with van der Waals surface area (Å²) in [6, 6.07) is 0.783. The van der Waals surface area contributed by atoms with Gasteiger partial charge in [0.15, 0.2) is 0 Å². The smallest absolute Gasteiger partial charge is 0.223 e. The first-order chi connectivity index (χ1) is 9.77. The third-order valence-corrected chi connectivity index (χ3v) is 6.19. The van der Waals surface area contributed by atoms with E-state index < -0.39 is 0 Å². The van der Waals surface area contributed by atoms with E-state index in [1.54, 1.807) is 0 Å². The number of likely N-dealkylation sites (tertiary alicyclic amines) is 1. The first-order valence-corrected chi connectivity index (χ1v) is 8.87. The number of amides is 1. The molecule has 2 nitrogen and oxygen atoms in total. The average molecular weight is 289 g/mol. The third kappa shape index (κ3) is 3.17. The summed E-state index contributed by atoms with van der Waals surface area (Å²) in [5.74, 6) is 1.86. The van der Waals surface area contributed by atoms with Gasteiger partial charge < -0.3 is 4.90 Å². The first-order valence-electron chi connectivity index (χ1n) is 8.87. The summed E-state index contributed by atoms with van der Waals surface area (Å²) in [6.07, 6.45) is 6.53. The number of carbonyl (C=O) groups is 1. The van der Waals surface area contributed by atoms with Crippen LogP contribution >= 0.6 is 0 Å². The summed E-state index contributed by atoms with van der Waals surface area (Å²) in [5, 5.41) is -0.0663. The standard InChI is InChI=1S/C18H32BNO/c1-12(2)18(19)9-7-6-8-16-15(10-14(18)5)11-17(21)20(16)13(3)4/h12-16H,6-11H2,1-5H3. The molecule has 21 heavy (non-hydrogen) atoms. The van der Waals surface area contributed by atoms with Gasteiger partial charge in [0.05, 0.1) is 7.85 Å². The van der Waals surface area contributed by atoms with Crippen molar-refractivity contribution in [1.82, 2.24) is 4.90 Å². The lowest BCUT2D eigenvalue weighted by molar-refractivity contribution is -0.130. The Kier molecular flexibility index (Phi) is 5.10. The summed E-state index contributed by atoms with van der Waals surface area (Å²) in [4.78, 5) is 14.6. The van der Waals surface area contributed by atoms with Crippen LogP contribution in [0, 0.1) is 17.8 Å². The molecule has 2 rings (SSSR count). The predicted octanol–water partition coefficient (Wildman–Crippen LogP) is 4.20. The van der Waals surface area contributed by atoms with Crippen LogP contribution in [0.4, 0.5) is 0 Å². The van der Waals surface area contributed by atoms with Crippen LogP contribution in [-0.2, 0) is 4.79 Å². The maximum Gasteiger partial charge on any atom is 0.223 e. The number of nitrogens with zero attached hydrogens (tertiary/aromatic N) is 1. The Labute approximate surface area is 132 Å². The van der Waals surface area contributed by atoms with Crippen molar-refractivity contribution in [2.75, 3.05) is 0 Å². The van der Waals surface area contributed by atoms with E-state index in [-0.39, 0.29) is 5.31 Å². The van der Waals surface area contributed by atoms with E-state index in [0.717, 1.165) is 25.7 Å². The van der Waals surface area contributed by atoms with Gasteiger partial charge in [0.25, 0.3) is 0 Å². The highest BCUT2D eigenvalue weighted by molar-refractivity contribution is 6.15. The molecule has 2 radical (unpaired) electrons. The van der Waals surface area contributed by atoms with Gasteiger partial charge in [0.2, 0.25) is 5.91 Å². The van der Waals surface area contributed by atoms with Crippen LogP contribution in [0.3, 0.4) is 0 Å². The summed E-state index contributed by atoms with van der Waals surface area (Å²) in [6.45, 7) is 11.1. The molecule has 0 aromatic carbocycles. The van der Waals surface area contributed by atoms with Crippen molar-refractivity contribution in [1.29, 1.82) is 0 Å². The fraction of sp³-hybridized carbons (Fsp3) is 0.944. The van der Waals surface area contributed by atoms with Gasteiger partial charge in [0.1, 0.15) is 0 Å². The van der Waals surface area contributed by atoms with Gasteiger partial charge in [-0.3, -0.25) is 4.79 Å². The van der Waals surface area contributed by atoms with Crippen LogP contribution < -0.4 is 0 Å². The van der Waals surface area contributed by atoms with Crippen molar-refractivity contribution in [3.63, 3.8) is 0 Å². The van der Waals surface area contributed by atoms with Gasteiger partial charge in [-0.1, -0.05) is 45.3 Å². The topological polar surface area (TPSA) is 20.3 Å². The van der Waals surface area contributed by atoms with Crippen LogP contribution in [0.2, 0.25) is 5.31 Å². The molecular formula is C18H32BNO. The predicted molar refractivity (Wildman–Crippen MR) is 89.4 cm³/mol. The Morgan fingerprint density at radius 2 is 1.90 bits per heavy atom. The van der Waals surface area contributed by atoms with Crippen LogP contribution in [-0.4, -0.2) is 30.7 Å². The number of hydrogen-bond donors (Lipinski definition) is 0. The second kappa shape index (κ2) is 6.34. The van der Waals surface area contributed by atoms with Gasteiger partial charge in [-0.2, -0.15) is 0 Å². The average Bonchev–Trinajstić information content (AvgIpc) is 2.70. The lowest BCUT2D eigenvalue weighted by Gasteiger charge is -2.41. The van der Waals surface area contributed by atoms with Gasteiger partial charge >= 0.3 is 0 Å². The summed E-state index contributed by atoms with van der Waals surface area (Å²) in [5.41, 5.74) is 0. The van der Waals surface area contributed by atoms with Crippen LogP contribution in [0.5, 0.6) is 0 Å². The molecule has 0 N–H and O–H groups in total. The monoisotopic (exact) mass is 289 g/mol. The molecule has 2 aliphatic rings. The molecule has 0 aromatic heterocycles. The first kappa shape index (κ1) is 16.9. The van der Waals surface area contributed by atoms with E-state index in [4.69, 9.17) is 7.85 Å². The van der Waals surface area contributed by atoms with Gasteiger partial charge in [0, 0.05) is 18.5 Å². The number of carbonyl (C=O) groups excluding carboxylic acids is 1. The van der Waals surface area contributed by atoms with Crippen molar-refractivity contribution < 1.29 is 4.79 Å². The van der Waals surface area contributed by atoms with Crippen molar-refractivity contribution in [3.8, 4) is 0 Å². The molecule has 4 atom stereocenters. The molecule has 3 heteroatoms. The van der Waals surface area contributed by atoms with E-state index in [9.17, 15) is 4.79 Å². The molecule has 1 saturated heterocycles. The van der Waals surface area contributed by atoms with Crippen molar-refractivity contribution in [2.45, 2.75) is 90.5 Å². The Morgan fingerprint density at radius 1 is 1.24 bits per heavy atom.